The Morgan fingerprint density at radius 1 is 0.846 bits per heavy atom. The van der Waals surface area contributed by atoms with Crippen molar-refractivity contribution in [1.29, 1.82) is 0 Å². The number of phenols is 1. The van der Waals surface area contributed by atoms with Crippen LogP contribution in [-0.2, 0) is 0 Å². The molecule has 0 heterocycles. The molecule has 0 saturated carbocycles. The summed E-state index contributed by atoms with van der Waals surface area (Å²) in [6, 6.07) is 20.1. The van der Waals surface area contributed by atoms with Crippen molar-refractivity contribution in [2.45, 2.75) is 52.1 Å². The third-order valence-electron chi connectivity index (χ3n) is 4.91. The van der Waals surface area contributed by atoms with Crippen molar-refractivity contribution < 1.29 is 9.84 Å². The van der Waals surface area contributed by atoms with Crippen molar-refractivity contribution in [3.63, 3.8) is 0 Å². The van der Waals surface area contributed by atoms with E-state index in [0.717, 1.165) is 35.8 Å². The summed E-state index contributed by atoms with van der Waals surface area (Å²) in [6.07, 6.45) is 3.25. The molecular weight excluding hydrogens is 320 g/mol. The van der Waals surface area contributed by atoms with Crippen LogP contribution in [0.3, 0.4) is 0 Å². The molecule has 0 aliphatic carbocycles. The Hall–Kier alpha value is -2.48. The predicted octanol–water partition coefficient (Wildman–Crippen LogP) is 6.98. The molecule has 0 amide bonds. The van der Waals surface area contributed by atoms with Gasteiger partial charge in [-0.2, -0.15) is 0 Å². The van der Waals surface area contributed by atoms with Crippen LogP contribution in [0.2, 0.25) is 0 Å². The van der Waals surface area contributed by atoms with E-state index in [0.29, 0.717) is 11.7 Å². The molecule has 136 valence electrons. The second-order valence-electron chi connectivity index (χ2n) is 7.16. The Kier molecular flexibility index (Phi) is 5.82. The Labute approximate surface area is 156 Å². The summed E-state index contributed by atoms with van der Waals surface area (Å²) in [5.74, 6) is 1.58. The number of aromatic hydroxyl groups is 1. The van der Waals surface area contributed by atoms with Gasteiger partial charge in [-0.25, -0.2) is 0 Å². The number of unbranched alkanes of at least 4 members (excludes halogenated alkanes) is 1. The zero-order chi connectivity index (χ0) is 18.5. The summed E-state index contributed by atoms with van der Waals surface area (Å²) in [4.78, 5) is 0. The van der Waals surface area contributed by atoms with Gasteiger partial charge in [-0.3, -0.25) is 0 Å². The summed E-state index contributed by atoms with van der Waals surface area (Å²) < 4.78 is 6.55. The first-order valence-corrected chi connectivity index (χ1v) is 9.58. The van der Waals surface area contributed by atoms with Gasteiger partial charge >= 0.3 is 0 Å². The second-order valence-corrected chi connectivity index (χ2v) is 7.16. The standard InChI is InChI=1S/C24H28O2/c1-4-5-15-23(20-11-7-6-10-18(20)17(2)3)26-24-16-9-12-19-21(24)13-8-14-22(19)25/h6-14,16-17,23,25H,4-5,15H2,1-3H3. The van der Waals surface area contributed by atoms with E-state index in [-0.39, 0.29) is 6.10 Å². The number of hydrogen-bond donors (Lipinski definition) is 1. The monoisotopic (exact) mass is 348 g/mol. The summed E-state index contributed by atoms with van der Waals surface area (Å²) >= 11 is 0. The van der Waals surface area contributed by atoms with E-state index >= 15 is 0 Å². The maximum atomic E-state index is 10.1. The molecule has 0 radical (unpaired) electrons. The van der Waals surface area contributed by atoms with Crippen molar-refractivity contribution in [2.24, 2.45) is 0 Å². The van der Waals surface area contributed by atoms with Gasteiger partial charge in [0.25, 0.3) is 0 Å². The Balaban J connectivity index is 2.02. The van der Waals surface area contributed by atoms with E-state index in [1.807, 2.05) is 30.3 Å². The zero-order valence-electron chi connectivity index (χ0n) is 15.9. The molecule has 3 aromatic rings. The van der Waals surface area contributed by atoms with Gasteiger partial charge < -0.3 is 9.84 Å². The van der Waals surface area contributed by atoms with Crippen LogP contribution >= 0.6 is 0 Å². The molecule has 2 heteroatoms. The molecule has 26 heavy (non-hydrogen) atoms. The van der Waals surface area contributed by atoms with E-state index in [9.17, 15) is 5.11 Å². The minimum Gasteiger partial charge on any atom is -0.507 e. The largest absolute Gasteiger partial charge is 0.507 e. The molecule has 1 N–H and O–H groups in total. The lowest BCUT2D eigenvalue weighted by atomic mass is 9.92. The summed E-state index contributed by atoms with van der Waals surface area (Å²) in [7, 11) is 0. The molecule has 3 aromatic carbocycles. The highest BCUT2D eigenvalue weighted by Gasteiger charge is 2.19. The average molecular weight is 348 g/mol. The minimum absolute atomic E-state index is 0.0153. The molecule has 3 rings (SSSR count). The van der Waals surface area contributed by atoms with Crippen LogP contribution in [0.15, 0.2) is 60.7 Å². The number of ether oxygens (including phenoxy) is 1. The number of fused-ring (bicyclic) bond motifs is 1. The molecule has 0 saturated heterocycles. The maximum absolute atomic E-state index is 10.1. The highest BCUT2D eigenvalue weighted by atomic mass is 16.5. The van der Waals surface area contributed by atoms with Crippen molar-refractivity contribution >= 4 is 10.8 Å². The topological polar surface area (TPSA) is 29.5 Å². The van der Waals surface area contributed by atoms with Gasteiger partial charge in [0.05, 0.1) is 0 Å². The van der Waals surface area contributed by atoms with Crippen LogP contribution in [0.4, 0.5) is 0 Å². The molecule has 2 nitrogen and oxygen atoms in total. The van der Waals surface area contributed by atoms with Crippen molar-refractivity contribution in [3.8, 4) is 11.5 Å². The molecule has 0 spiro atoms. The molecule has 1 atom stereocenters. The van der Waals surface area contributed by atoms with Crippen molar-refractivity contribution in [3.05, 3.63) is 71.8 Å². The number of benzene rings is 3. The van der Waals surface area contributed by atoms with Crippen LogP contribution in [0.1, 0.15) is 63.2 Å². The van der Waals surface area contributed by atoms with Crippen LogP contribution in [-0.4, -0.2) is 5.11 Å². The first-order chi connectivity index (χ1) is 12.6. The number of hydrogen-bond acceptors (Lipinski definition) is 2. The Morgan fingerprint density at radius 3 is 2.27 bits per heavy atom. The third kappa shape index (κ3) is 3.85. The molecule has 0 aromatic heterocycles. The zero-order valence-corrected chi connectivity index (χ0v) is 15.9. The van der Waals surface area contributed by atoms with E-state index < -0.39 is 0 Å². The van der Waals surface area contributed by atoms with Gasteiger partial charge in [0.2, 0.25) is 0 Å². The summed E-state index contributed by atoms with van der Waals surface area (Å²) in [5, 5.41) is 11.9. The first-order valence-electron chi connectivity index (χ1n) is 9.58. The maximum Gasteiger partial charge on any atom is 0.128 e. The van der Waals surface area contributed by atoms with Gasteiger partial charge in [0.1, 0.15) is 17.6 Å². The lowest BCUT2D eigenvalue weighted by Crippen LogP contribution is -2.11. The van der Waals surface area contributed by atoms with E-state index in [1.54, 1.807) is 6.07 Å². The smallest absolute Gasteiger partial charge is 0.128 e. The highest BCUT2D eigenvalue weighted by Crippen LogP contribution is 2.37. The van der Waals surface area contributed by atoms with Crippen LogP contribution in [0.25, 0.3) is 10.8 Å². The SMILES string of the molecule is CCCCC(Oc1cccc2c(O)cccc12)c1ccccc1C(C)C. The minimum atomic E-state index is 0.0153. The van der Waals surface area contributed by atoms with Crippen molar-refractivity contribution in [1.82, 2.24) is 0 Å². The van der Waals surface area contributed by atoms with Gasteiger partial charge in [-0.05, 0) is 42.0 Å². The fourth-order valence-electron chi connectivity index (χ4n) is 3.52. The molecular formula is C24H28O2. The molecule has 0 fully saturated rings. The van der Waals surface area contributed by atoms with Gasteiger partial charge in [-0.1, -0.05) is 75.7 Å². The lowest BCUT2D eigenvalue weighted by molar-refractivity contribution is 0.192. The van der Waals surface area contributed by atoms with Crippen LogP contribution < -0.4 is 4.74 Å². The molecule has 0 bridgehead atoms. The predicted molar refractivity (Wildman–Crippen MR) is 109 cm³/mol. The van der Waals surface area contributed by atoms with Crippen LogP contribution in [0.5, 0.6) is 11.5 Å². The fourth-order valence-corrected chi connectivity index (χ4v) is 3.52. The first kappa shape index (κ1) is 18.3. The number of rotatable bonds is 7. The van der Waals surface area contributed by atoms with Gasteiger partial charge in [-0.15, -0.1) is 0 Å². The fraction of sp³-hybridized carbons (Fsp3) is 0.333. The van der Waals surface area contributed by atoms with E-state index in [2.05, 4.69) is 45.0 Å². The van der Waals surface area contributed by atoms with Gasteiger partial charge in [0.15, 0.2) is 0 Å². The van der Waals surface area contributed by atoms with E-state index in [1.165, 1.54) is 11.1 Å². The highest BCUT2D eigenvalue weighted by molar-refractivity contribution is 5.92. The summed E-state index contributed by atoms with van der Waals surface area (Å²) in [5.41, 5.74) is 2.62. The van der Waals surface area contributed by atoms with E-state index in [4.69, 9.17) is 4.74 Å². The second kappa shape index (κ2) is 8.27. The Bertz CT molecular complexity index is 867. The van der Waals surface area contributed by atoms with Crippen molar-refractivity contribution in [2.75, 3.05) is 0 Å². The molecule has 0 aliphatic rings. The molecule has 0 aliphatic heterocycles. The Morgan fingerprint density at radius 2 is 1.54 bits per heavy atom. The quantitative estimate of drug-likeness (QED) is 0.499. The van der Waals surface area contributed by atoms with Gasteiger partial charge in [0, 0.05) is 10.8 Å². The number of phenolic OH excluding ortho intramolecular Hbond substituents is 1. The average Bonchev–Trinajstić information content (AvgIpc) is 2.65. The van der Waals surface area contributed by atoms with Crippen LogP contribution in [0, 0.1) is 0 Å². The molecule has 1 unspecified atom stereocenters. The third-order valence-corrected chi connectivity index (χ3v) is 4.91. The summed E-state index contributed by atoms with van der Waals surface area (Å²) in [6.45, 7) is 6.67. The lowest BCUT2D eigenvalue weighted by Gasteiger charge is -2.24. The normalized spacial score (nSPS) is 12.5.